The molecule has 0 bridgehead atoms. The van der Waals surface area contributed by atoms with Gasteiger partial charge in [-0.1, -0.05) is 18.2 Å². The summed E-state index contributed by atoms with van der Waals surface area (Å²) in [7, 11) is 0. The Bertz CT molecular complexity index is 946. The van der Waals surface area contributed by atoms with Crippen molar-refractivity contribution in [3.8, 4) is 0 Å². The molecule has 2 aromatic rings. The summed E-state index contributed by atoms with van der Waals surface area (Å²) < 4.78 is 5.12. The normalized spacial score (nSPS) is 19.4. The maximum absolute atomic E-state index is 12.7. The molecule has 1 unspecified atom stereocenters. The van der Waals surface area contributed by atoms with E-state index in [1.54, 1.807) is 23.2 Å². The third kappa shape index (κ3) is 4.56. The SMILES string of the molecule is CCOC(=O)C1CCCN(C(=O)CSc2nc(N)c3c4c(sc3n2)CCCCC4)C1. The Labute approximate surface area is 184 Å². The molecule has 1 saturated heterocycles. The number of ether oxygens (including phenoxy) is 1. The van der Waals surface area contributed by atoms with Gasteiger partial charge < -0.3 is 15.4 Å². The second kappa shape index (κ2) is 9.51. The first-order valence-corrected chi connectivity index (χ1v) is 12.5. The van der Waals surface area contributed by atoms with Crippen LogP contribution in [0.3, 0.4) is 0 Å². The summed E-state index contributed by atoms with van der Waals surface area (Å²) in [4.78, 5) is 38.0. The molecular formula is C21H28N4O3S2. The van der Waals surface area contributed by atoms with Gasteiger partial charge in [0.25, 0.3) is 0 Å². The van der Waals surface area contributed by atoms with Crippen LogP contribution in [0.4, 0.5) is 5.82 Å². The van der Waals surface area contributed by atoms with Gasteiger partial charge in [0, 0.05) is 18.0 Å². The van der Waals surface area contributed by atoms with Gasteiger partial charge in [0.05, 0.1) is 23.7 Å². The molecule has 1 amide bonds. The summed E-state index contributed by atoms with van der Waals surface area (Å²) >= 11 is 3.04. The number of amides is 1. The van der Waals surface area contributed by atoms with E-state index in [1.165, 1.54) is 41.5 Å². The van der Waals surface area contributed by atoms with Crippen molar-refractivity contribution in [3.63, 3.8) is 0 Å². The number of nitrogen functional groups attached to an aromatic ring is 1. The van der Waals surface area contributed by atoms with E-state index in [2.05, 4.69) is 4.98 Å². The van der Waals surface area contributed by atoms with Gasteiger partial charge in [-0.2, -0.15) is 0 Å². The van der Waals surface area contributed by atoms with E-state index in [9.17, 15) is 9.59 Å². The van der Waals surface area contributed by atoms with E-state index in [-0.39, 0.29) is 23.5 Å². The van der Waals surface area contributed by atoms with Crippen LogP contribution in [0.5, 0.6) is 0 Å². The molecule has 0 radical (unpaired) electrons. The van der Waals surface area contributed by atoms with E-state index in [1.807, 2.05) is 0 Å². The molecule has 3 heterocycles. The predicted molar refractivity (Wildman–Crippen MR) is 120 cm³/mol. The lowest BCUT2D eigenvalue weighted by Gasteiger charge is -2.31. The number of rotatable bonds is 5. The number of fused-ring (bicyclic) bond motifs is 3. The highest BCUT2D eigenvalue weighted by atomic mass is 32.2. The monoisotopic (exact) mass is 448 g/mol. The van der Waals surface area contributed by atoms with Crippen LogP contribution in [0, 0.1) is 5.92 Å². The lowest BCUT2D eigenvalue weighted by atomic mass is 9.98. The van der Waals surface area contributed by atoms with Crippen molar-refractivity contribution in [2.45, 2.75) is 57.0 Å². The van der Waals surface area contributed by atoms with Crippen LogP contribution < -0.4 is 5.73 Å². The second-order valence-electron chi connectivity index (χ2n) is 7.86. The van der Waals surface area contributed by atoms with E-state index in [0.717, 1.165) is 35.9 Å². The summed E-state index contributed by atoms with van der Waals surface area (Å²) in [6.07, 6.45) is 7.38. The molecule has 1 aliphatic heterocycles. The number of hydrogen-bond acceptors (Lipinski definition) is 8. The number of nitrogens with zero attached hydrogens (tertiary/aromatic N) is 3. The van der Waals surface area contributed by atoms with Gasteiger partial charge in [-0.3, -0.25) is 9.59 Å². The van der Waals surface area contributed by atoms with E-state index >= 15 is 0 Å². The highest BCUT2D eigenvalue weighted by Gasteiger charge is 2.29. The Morgan fingerprint density at radius 3 is 2.90 bits per heavy atom. The van der Waals surface area contributed by atoms with Gasteiger partial charge in [-0.25, -0.2) is 9.97 Å². The molecule has 162 valence electrons. The van der Waals surface area contributed by atoms with Gasteiger partial charge in [0.15, 0.2) is 5.16 Å². The highest BCUT2D eigenvalue weighted by molar-refractivity contribution is 7.99. The van der Waals surface area contributed by atoms with Crippen molar-refractivity contribution in [1.82, 2.24) is 14.9 Å². The lowest BCUT2D eigenvalue weighted by Crippen LogP contribution is -2.43. The Morgan fingerprint density at radius 1 is 1.23 bits per heavy atom. The first-order valence-electron chi connectivity index (χ1n) is 10.7. The van der Waals surface area contributed by atoms with Crippen LogP contribution in [0.25, 0.3) is 10.2 Å². The number of carbonyl (C=O) groups is 2. The standard InChI is InChI=1S/C21H28N4O3S2/c1-2-28-20(27)13-7-6-10-25(11-13)16(26)12-29-21-23-18(22)17-14-8-4-3-5-9-15(14)30-19(17)24-21/h13H,2-12H2,1H3,(H2,22,23,24). The minimum Gasteiger partial charge on any atom is -0.466 e. The van der Waals surface area contributed by atoms with Crippen LogP contribution in [0.15, 0.2) is 5.16 Å². The van der Waals surface area contributed by atoms with Crippen molar-refractivity contribution in [2.24, 2.45) is 5.92 Å². The van der Waals surface area contributed by atoms with Crippen molar-refractivity contribution in [2.75, 3.05) is 31.2 Å². The van der Waals surface area contributed by atoms with Gasteiger partial charge in [0.1, 0.15) is 10.6 Å². The number of aryl methyl sites for hydroxylation is 2. The number of piperidine rings is 1. The predicted octanol–water partition coefficient (Wildman–Crippen LogP) is 3.44. The Balaban J connectivity index is 1.42. The molecule has 9 heteroatoms. The molecule has 0 aromatic carbocycles. The maximum atomic E-state index is 12.7. The third-order valence-electron chi connectivity index (χ3n) is 5.79. The Kier molecular flexibility index (Phi) is 6.77. The smallest absolute Gasteiger partial charge is 0.310 e. The summed E-state index contributed by atoms with van der Waals surface area (Å²) in [6, 6.07) is 0. The number of esters is 1. The topological polar surface area (TPSA) is 98.4 Å². The zero-order valence-corrected chi connectivity index (χ0v) is 18.9. The van der Waals surface area contributed by atoms with Gasteiger partial charge in [-0.05, 0) is 51.0 Å². The second-order valence-corrected chi connectivity index (χ2v) is 9.88. The van der Waals surface area contributed by atoms with Gasteiger partial charge in [0.2, 0.25) is 5.91 Å². The molecule has 7 nitrogen and oxygen atoms in total. The van der Waals surface area contributed by atoms with Crippen LogP contribution in [-0.2, 0) is 27.2 Å². The van der Waals surface area contributed by atoms with Crippen LogP contribution >= 0.6 is 23.1 Å². The number of likely N-dealkylation sites (tertiary alicyclic amines) is 1. The summed E-state index contributed by atoms with van der Waals surface area (Å²) in [5.74, 6) is 0.331. The van der Waals surface area contributed by atoms with Crippen molar-refractivity contribution in [1.29, 1.82) is 0 Å². The van der Waals surface area contributed by atoms with Crippen LogP contribution in [-0.4, -0.2) is 52.2 Å². The van der Waals surface area contributed by atoms with Crippen LogP contribution in [0.1, 0.15) is 49.5 Å². The minimum absolute atomic E-state index is 0.00164. The fraction of sp³-hybridized carbons (Fsp3) is 0.619. The molecule has 0 saturated carbocycles. The zero-order chi connectivity index (χ0) is 21.1. The molecule has 2 aromatic heterocycles. The van der Waals surface area contributed by atoms with E-state index in [0.29, 0.717) is 30.7 Å². The molecule has 0 spiro atoms. The number of anilines is 1. The Morgan fingerprint density at radius 2 is 2.07 bits per heavy atom. The summed E-state index contributed by atoms with van der Waals surface area (Å²) in [6.45, 7) is 3.27. The largest absolute Gasteiger partial charge is 0.466 e. The average molecular weight is 449 g/mol. The molecular weight excluding hydrogens is 420 g/mol. The lowest BCUT2D eigenvalue weighted by molar-refractivity contribution is -0.151. The molecule has 1 fully saturated rings. The van der Waals surface area contributed by atoms with Crippen molar-refractivity contribution < 1.29 is 14.3 Å². The van der Waals surface area contributed by atoms with Gasteiger partial charge in [-0.15, -0.1) is 11.3 Å². The van der Waals surface area contributed by atoms with E-state index < -0.39 is 0 Å². The van der Waals surface area contributed by atoms with Crippen molar-refractivity contribution >= 4 is 51.0 Å². The number of nitrogens with two attached hydrogens (primary N) is 1. The molecule has 1 atom stereocenters. The van der Waals surface area contributed by atoms with Gasteiger partial charge >= 0.3 is 5.97 Å². The van der Waals surface area contributed by atoms with Crippen molar-refractivity contribution in [3.05, 3.63) is 10.4 Å². The summed E-state index contributed by atoms with van der Waals surface area (Å²) in [5, 5.41) is 1.56. The molecule has 2 aliphatic rings. The summed E-state index contributed by atoms with van der Waals surface area (Å²) in [5.41, 5.74) is 7.63. The third-order valence-corrected chi connectivity index (χ3v) is 7.81. The quantitative estimate of drug-likeness (QED) is 0.324. The minimum atomic E-state index is -0.225. The number of hydrogen-bond donors (Lipinski definition) is 1. The number of thiophene rings is 1. The Hall–Kier alpha value is -1.87. The van der Waals surface area contributed by atoms with E-state index in [4.69, 9.17) is 15.5 Å². The first kappa shape index (κ1) is 21.4. The number of carbonyl (C=O) groups excluding carboxylic acids is 2. The van der Waals surface area contributed by atoms with Crippen LogP contribution in [0.2, 0.25) is 0 Å². The zero-order valence-electron chi connectivity index (χ0n) is 17.3. The highest BCUT2D eigenvalue weighted by Crippen LogP contribution is 2.38. The number of aromatic nitrogens is 2. The molecule has 1 aliphatic carbocycles. The fourth-order valence-electron chi connectivity index (χ4n) is 4.28. The maximum Gasteiger partial charge on any atom is 0.310 e. The molecule has 30 heavy (non-hydrogen) atoms. The number of thioether (sulfide) groups is 1. The fourth-order valence-corrected chi connectivity index (χ4v) is 6.36. The molecule has 4 rings (SSSR count). The average Bonchev–Trinajstić information content (AvgIpc) is 2.94. The molecule has 2 N–H and O–H groups in total. The first-order chi connectivity index (χ1) is 14.6.